The lowest BCUT2D eigenvalue weighted by Crippen LogP contribution is -2.35. The third-order valence-electron chi connectivity index (χ3n) is 8.28. The SMILES string of the molecule is CC(=O)N1CCc2c(c(-c3cccc4cc(-c5ccc(-c6ncc(C(=O)O)cn6)nc5)ncc34)nn2C2CCOCC2)C1. The number of hydrogen-bond acceptors (Lipinski definition) is 8. The van der Waals surface area contributed by atoms with Crippen molar-refractivity contribution in [3.63, 3.8) is 0 Å². The standard InChI is InChI=1S/C32H29N7O4/c1-19(40)38-10-7-29-26(18-38)30(37-39(29)23-8-11-43-12-9-23)24-4-2-3-20-13-28(34-17-25(20)24)21-5-6-27(33-14-21)31-35-15-22(16-36-31)32(41)42/h2-6,13-17,23H,7-12,18H2,1H3,(H,41,42). The largest absolute Gasteiger partial charge is 0.478 e. The number of benzene rings is 1. The number of hydrogen-bond donors (Lipinski definition) is 1. The van der Waals surface area contributed by atoms with Crippen molar-refractivity contribution in [2.24, 2.45) is 0 Å². The van der Waals surface area contributed by atoms with E-state index in [1.165, 1.54) is 18.1 Å². The molecule has 7 rings (SSSR count). The number of carbonyl (C=O) groups excluding carboxylic acids is 1. The summed E-state index contributed by atoms with van der Waals surface area (Å²) in [6.07, 6.45) is 8.77. The molecule has 0 radical (unpaired) electrons. The van der Waals surface area contributed by atoms with Gasteiger partial charge in [0.25, 0.3) is 0 Å². The lowest BCUT2D eigenvalue weighted by molar-refractivity contribution is -0.129. The minimum absolute atomic E-state index is 0.0205. The summed E-state index contributed by atoms with van der Waals surface area (Å²) >= 11 is 0. The summed E-state index contributed by atoms with van der Waals surface area (Å²) in [5.41, 5.74) is 6.39. The topological polar surface area (TPSA) is 136 Å². The van der Waals surface area contributed by atoms with Gasteiger partial charge in [-0.3, -0.25) is 19.4 Å². The second-order valence-corrected chi connectivity index (χ2v) is 10.9. The van der Waals surface area contributed by atoms with Gasteiger partial charge in [0.1, 0.15) is 5.69 Å². The van der Waals surface area contributed by atoms with Gasteiger partial charge >= 0.3 is 5.97 Å². The van der Waals surface area contributed by atoms with Crippen LogP contribution in [0.2, 0.25) is 0 Å². The summed E-state index contributed by atoms with van der Waals surface area (Å²) < 4.78 is 7.83. The molecular weight excluding hydrogens is 546 g/mol. The van der Waals surface area contributed by atoms with E-state index in [2.05, 4.69) is 31.8 Å². The van der Waals surface area contributed by atoms with Crippen molar-refractivity contribution < 1.29 is 19.4 Å². The molecule has 0 aliphatic carbocycles. The molecule has 0 bridgehead atoms. The molecule has 5 aromatic rings. The highest BCUT2D eigenvalue weighted by Crippen LogP contribution is 2.37. The molecule has 0 saturated carbocycles. The number of aromatic nitrogens is 6. The van der Waals surface area contributed by atoms with Gasteiger partial charge in [0.05, 0.1) is 23.0 Å². The van der Waals surface area contributed by atoms with Crippen LogP contribution in [-0.4, -0.2) is 71.4 Å². The van der Waals surface area contributed by atoms with Crippen LogP contribution >= 0.6 is 0 Å². The summed E-state index contributed by atoms with van der Waals surface area (Å²) in [6, 6.07) is 12.2. The number of fused-ring (bicyclic) bond motifs is 2. The van der Waals surface area contributed by atoms with Gasteiger partial charge in [-0.05, 0) is 36.4 Å². The van der Waals surface area contributed by atoms with Crippen molar-refractivity contribution in [1.82, 2.24) is 34.6 Å². The molecule has 2 aliphatic rings. The lowest BCUT2D eigenvalue weighted by Gasteiger charge is -2.29. The minimum Gasteiger partial charge on any atom is -0.478 e. The summed E-state index contributed by atoms with van der Waals surface area (Å²) in [6.45, 7) is 4.33. The monoisotopic (exact) mass is 575 g/mol. The van der Waals surface area contributed by atoms with Crippen LogP contribution in [0.5, 0.6) is 0 Å². The Kier molecular flexibility index (Phi) is 6.86. The fraction of sp³-hybridized carbons (Fsp3) is 0.281. The van der Waals surface area contributed by atoms with E-state index < -0.39 is 5.97 Å². The summed E-state index contributed by atoms with van der Waals surface area (Å²) in [4.78, 5) is 42.8. The molecule has 11 heteroatoms. The van der Waals surface area contributed by atoms with Crippen LogP contribution in [0.25, 0.3) is 44.8 Å². The third kappa shape index (κ3) is 5.01. The second kappa shape index (κ2) is 11.0. The number of pyridine rings is 2. The quantitative estimate of drug-likeness (QED) is 0.319. The highest BCUT2D eigenvalue weighted by atomic mass is 16.5. The van der Waals surface area contributed by atoms with Crippen molar-refractivity contribution in [3.05, 3.63) is 78.0 Å². The molecule has 0 atom stereocenters. The van der Waals surface area contributed by atoms with E-state index in [1.54, 1.807) is 19.2 Å². The van der Waals surface area contributed by atoms with E-state index in [4.69, 9.17) is 19.9 Å². The van der Waals surface area contributed by atoms with E-state index in [0.717, 1.165) is 71.3 Å². The zero-order valence-corrected chi connectivity index (χ0v) is 23.6. The van der Waals surface area contributed by atoms with Crippen LogP contribution in [0.4, 0.5) is 0 Å². The first-order chi connectivity index (χ1) is 21.0. The molecule has 216 valence electrons. The van der Waals surface area contributed by atoms with E-state index in [9.17, 15) is 9.59 Å². The second-order valence-electron chi connectivity index (χ2n) is 10.9. The highest BCUT2D eigenvalue weighted by molar-refractivity contribution is 5.97. The normalized spacial score (nSPS) is 15.4. The fourth-order valence-corrected chi connectivity index (χ4v) is 5.95. The molecule has 0 spiro atoms. The number of rotatable bonds is 5. The van der Waals surface area contributed by atoms with Gasteiger partial charge in [-0.15, -0.1) is 0 Å². The van der Waals surface area contributed by atoms with Crippen LogP contribution in [0.3, 0.4) is 0 Å². The molecule has 4 aromatic heterocycles. The van der Waals surface area contributed by atoms with Crippen LogP contribution < -0.4 is 0 Å². The Bertz CT molecular complexity index is 1840. The fourth-order valence-electron chi connectivity index (χ4n) is 5.95. The number of carbonyl (C=O) groups is 2. The Hall–Kier alpha value is -5.03. The predicted molar refractivity (Wildman–Crippen MR) is 158 cm³/mol. The van der Waals surface area contributed by atoms with Crippen LogP contribution in [0.1, 0.15) is 47.4 Å². The zero-order valence-electron chi connectivity index (χ0n) is 23.6. The number of amides is 1. The zero-order chi connectivity index (χ0) is 29.5. The van der Waals surface area contributed by atoms with E-state index in [0.29, 0.717) is 24.6 Å². The molecule has 1 saturated heterocycles. The van der Waals surface area contributed by atoms with Gasteiger partial charge in [-0.2, -0.15) is 5.10 Å². The number of ether oxygens (including phenoxy) is 1. The molecule has 1 fully saturated rings. The molecule has 1 N–H and O–H groups in total. The van der Waals surface area contributed by atoms with Crippen molar-refractivity contribution in [2.75, 3.05) is 19.8 Å². The van der Waals surface area contributed by atoms with Gasteiger partial charge < -0.3 is 14.7 Å². The van der Waals surface area contributed by atoms with E-state index >= 15 is 0 Å². The third-order valence-corrected chi connectivity index (χ3v) is 8.28. The van der Waals surface area contributed by atoms with Gasteiger partial charge in [0, 0.05) is 92.2 Å². The van der Waals surface area contributed by atoms with Gasteiger partial charge in [-0.25, -0.2) is 14.8 Å². The van der Waals surface area contributed by atoms with Gasteiger partial charge in [-0.1, -0.05) is 18.2 Å². The number of aromatic carboxylic acids is 1. The highest BCUT2D eigenvalue weighted by Gasteiger charge is 2.30. The molecule has 1 aromatic carbocycles. The number of carboxylic acids is 1. The first-order valence-electron chi connectivity index (χ1n) is 14.3. The molecule has 11 nitrogen and oxygen atoms in total. The molecule has 6 heterocycles. The van der Waals surface area contributed by atoms with E-state index in [-0.39, 0.29) is 17.5 Å². The smallest absolute Gasteiger partial charge is 0.338 e. The Labute approximate surface area is 247 Å². The molecule has 2 aliphatic heterocycles. The predicted octanol–water partition coefficient (Wildman–Crippen LogP) is 4.57. The van der Waals surface area contributed by atoms with Crippen LogP contribution in [0, 0.1) is 0 Å². The Morgan fingerprint density at radius 3 is 2.47 bits per heavy atom. The van der Waals surface area contributed by atoms with Crippen LogP contribution in [0.15, 0.2) is 61.2 Å². The number of carboxylic acid groups (broad SMARTS) is 1. The van der Waals surface area contributed by atoms with Crippen LogP contribution in [-0.2, 0) is 22.5 Å². The molecular formula is C32H29N7O4. The van der Waals surface area contributed by atoms with Crippen molar-refractivity contribution in [2.45, 2.75) is 38.8 Å². The molecule has 0 unspecified atom stereocenters. The Balaban J connectivity index is 1.24. The first kappa shape index (κ1) is 26.8. The Morgan fingerprint density at radius 1 is 0.953 bits per heavy atom. The first-order valence-corrected chi connectivity index (χ1v) is 14.3. The minimum atomic E-state index is -1.08. The average Bonchev–Trinajstić information content (AvgIpc) is 3.43. The van der Waals surface area contributed by atoms with Gasteiger partial charge in [0.15, 0.2) is 5.82 Å². The maximum absolute atomic E-state index is 12.3. The van der Waals surface area contributed by atoms with Gasteiger partial charge in [0.2, 0.25) is 5.91 Å². The Morgan fingerprint density at radius 2 is 1.74 bits per heavy atom. The van der Waals surface area contributed by atoms with E-state index in [1.807, 2.05) is 29.3 Å². The summed E-state index contributed by atoms with van der Waals surface area (Å²) in [5, 5.41) is 16.3. The molecule has 43 heavy (non-hydrogen) atoms. The number of nitrogens with zero attached hydrogens (tertiary/aromatic N) is 7. The summed E-state index contributed by atoms with van der Waals surface area (Å²) in [5.74, 6) is -0.659. The van der Waals surface area contributed by atoms with Crippen molar-refractivity contribution >= 4 is 22.6 Å². The molecule has 1 amide bonds. The van der Waals surface area contributed by atoms with Crippen molar-refractivity contribution in [3.8, 4) is 34.0 Å². The summed E-state index contributed by atoms with van der Waals surface area (Å²) in [7, 11) is 0. The van der Waals surface area contributed by atoms with Crippen molar-refractivity contribution in [1.29, 1.82) is 0 Å². The maximum atomic E-state index is 12.3. The average molecular weight is 576 g/mol. The lowest BCUT2D eigenvalue weighted by atomic mass is 9.96. The maximum Gasteiger partial charge on any atom is 0.338 e.